The first-order valence-corrected chi connectivity index (χ1v) is 6.71. The van der Waals surface area contributed by atoms with E-state index in [4.69, 9.17) is 10.00 Å². The quantitative estimate of drug-likeness (QED) is 0.754. The zero-order valence-electron chi connectivity index (χ0n) is 12.4. The Hall–Kier alpha value is -2.43. The van der Waals surface area contributed by atoms with Gasteiger partial charge in [0.2, 0.25) is 11.8 Å². The Morgan fingerprint density at radius 3 is 2.52 bits per heavy atom. The monoisotopic (exact) mass is 290 g/mol. The van der Waals surface area contributed by atoms with E-state index in [9.17, 15) is 4.79 Å². The second-order valence-electron chi connectivity index (χ2n) is 5.68. The lowest BCUT2D eigenvalue weighted by Crippen LogP contribution is -2.50. The summed E-state index contributed by atoms with van der Waals surface area (Å²) in [7, 11) is 0. The Morgan fingerprint density at radius 1 is 1.29 bits per heavy atom. The molecule has 0 unspecified atom stereocenters. The maximum atomic E-state index is 12.0. The van der Waals surface area contributed by atoms with E-state index in [1.54, 1.807) is 4.90 Å². The Kier molecular flexibility index (Phi) is 4.21. The predicted molar refractivity (Wildman–Crippen MR) is 74.6 cm³/mol. The summed E-state index contributed by atoms with van der Waals surface area (Å²) in [4.78, 5) is 27.4. The second kappa shape index (κ2) is 5.91. The van der Waals surface area contributed by atoms with Crippen LogP contribution in [0.15, 0.2) is 6.33 Å². The summed E-state index contributed by atoms with van der Waals surface area (Å²) < 4.78 is 5.34. The highest BCUT2D eigenvalue weighted by Gasteiger charge is 2.26. The van der Waals surface area contributed by atoms with E-state index in [1.165, 1.54) is 6.33 Å². The van der Waals surface area contributed by atoms with Crippen molar-refractivity contribution in [2.75, 3.05) is 31.1 Å². The molecule has 1 amide bonds. The second-order valence-corrected chi connectivity index (χ2v) is 5.68. The Labute approximate surface area is 123 Å². The molecule has 0 N–H and O–H groups in total. The SMILES string of the molecule is CC(C)(C)OC(=O)N1CCN(c2ncnc(C#N)n2)CC1. The van der Waals surface area contributed by atoms with Gasteiger partial charge >= 0.3 is 6.09 Å². The lowest BCUT2D eigenvalue weighted by Gasteiger charge is -2.35. The minimum atomic E-state index is -0.496. The van der Waals surface area contributed by atoms with Crippen LogP contribution in [0.3, 0.4) is 0 Å². The van der Waals surface area contributed by atoms with Gasteiger partial charge in [0.1, 0.15) is 18.0 Å². The molecule has 0 bridgehead atoms. The van der Waals surface area contributed by atoms with Gasteiger partial charge in [-0.2, -0.15) is 10.2 Å². The van der Waals surface area contributed by atoms with Gasteiger partial charge in [0.05, 0.1) is 0 Å². The predicted octanol–water partition coefficient (Wildman–Crippen LogP) is 0.800. The van der Waals surface area contributed by atoms with Crippen LogP contribution in [0.25, 0.3) is 0 Å². The van der Waals surface area contributed by atoms with Gasteiger partial charge in [0.15, 0.2) is 0 Å². The van der Waals surface area contributed by atoms with Crippen molar-refractivity contribution in [2.24, 2.45) is 0 Å². The van der Waals surface area contributed by atoms with Crippen LogP contribution in [-0.4, -0.2) is 57.7 Å². The molecule has 2 heterocycles. The molecule has 0 aliphatic carbocycles. The van der Waals surface area contributed by atoms with E-state index in [-0.39, 0.29) is 11.9 Å². The van der Waals surface area contributed by atoms with Crippen molar-refractivity contribution >= 4 is 12.0 Å². The van der Waals surface area contributed by atoms with Crippen molar-refractivity contribution in [1.82, 2.24) is 19.9 Å². The molecule has 8 nitrogen and oxygen atoms in total. The summed E-state index contributed by atoms with van der Waals surface area (Å²) in [6.07, 6.45) is 1.01. The number of carbonyl (C=O) groups excluding carboxylic acids is 1. The van der Waals surface area contributed by atoms with Crippen molar-refractivity contribution in [2.45, 2.75) is 26.4 Å². The third-order valence-corrected chi connectivity index (χ3v) is 2.87. The molecule has 1 aromatic heterocycles. The lowest BCUT2D eigenvalue weighted by molar-refractivity contribution is 0.0240. The fourth-order valence-corrected chi connectivity index (χ4v) is 1.91. The fraction of sp³-hybridized carbons (Fsp3) is 0.615. The number of piperazine rings is 1. The van der Waals surface area contributed by atoms with Crippen LogP contribution >= 0.6 is 0 Å². The average Bonchev–Trinajstić information content (AvgIpc) is 2.46. The van der Waals surface area contributed by atoms with E-state index in [0.29, 0.717) is 32.1 Å². The summed E-state index contributed by atoms with van der Waals surface area (Å²) in [5.74, 6) is 0.556. The first-order valence-electron chi connectivity index (χ1n) is 6.71. The van der Waals surface area contributed by atoms with E-state index < -0.39 is 5.60 Å². The van der Waals surface area contributed by atoms with Gasteiger partial charge in [0.25, 0.3) is 0 Å². The highest BCUT2D eigenvalue weighted by Crippen LogP contribution is 2.14. The topological polar surface area (TPSA) is 95.2 Å². The van der Waals surface area contributed by atoms with Crippen LogP contribution in [0.4, 0.5) is 10.7 Å². The number of aromatic nitrogens is 3. The first kappa shape index (κ1) is 15.0. The number of anilines is 1. The van der Waals surface area contributed by atoms with E-state index in [1.807, 2.05) is 31.7 Å². The molecule has 0 radical (unpaired) electrons. The molecule has 0 aromatic carbocycles. The van der Waals surface area contributed by atoms with Crippen molar-refractivity contribution in [3.63, 3.8) is 0 Å². The molecule has 1 saturated heterocycles. The molecule has 0 spiro atoms. The van der Waals surface area contributed by atoms with Crippen molar-refractivity contribution < 1.29 is 9.53 Å². The van der Waals surface area contributed by atoms with Crippen LogP contribution in [0.5, 0.6) is 0 Å². The number of carbonyl (C=O) groups is 1. The van der Waals surface area contributed by atoms with Gasteiger partial charge in [-0.1, -0.05) is 0 Å². The molecule has 1 aromatic rings. The van der Waals surface area contributed by atoms with Crippen LogP contribution < -0.4 is 4.90 Å². The molecular formula is C13H18N6O2. The van der Waals surface area contributed by atoms with Gasteiger partial charge in [-0.3, -0.25) is 0 Å². The van der Waals surface area contributed by atoms with Crippen molar-refractivity contribution in [3.8, 4) is 6.07 Å². The minimum absolute atomic E-state index is 0.0922. The first-order chi connectivity index (χ1) is 9.89. The largest absolute Gasteiger partial charge is 0.444 e. The fourth-order valence-electron chi connectivity index (χ4n) is 1.91. The smallest absolute Gasteiger partial charge is 0.410 e. The molecule has 1 fully saturated rings. The zero-order chi connectivity index (χ0) is 15.5. The number of amides is 1. The van der Waals surface area contributed by atoms with Gasteiger partial charge in [0, 0.05) is 26.2 Å². The molecule has 1 aliphatic heterocycles. The third-order valence-electron chi connectivity index (χ3n) is 2.87. The standard InChI is InChI=1S/C13H18N6O2/c1-13(2,3)21-12(20)19-6-4-18(5-7-19)11-16-9-15-10(8-14)17-11/h9H,4-7H2,1-3H3. The highest BCUT2D eigenvalue weighted by molar-refractivity contribution is 5.68. The number of hydrogen-bond donors (Lipinski definition) is 0. The summed E-state index contributed by atoms with van der Waals surface area (Å²) >= 11 is 0. The van der Waals surface area contributed by atoms with Crippen LogP contribution in [0.1, 0.15) is 26.6 Å². The van der Waals surface area contributed by atoms with Crippen molar-refractivity contribution in [1.29, 1.82) is 5.26 Å². The maximum absolute atomic E-state index is 12.0. The molecular weight excluding hydrogens is 272 g/mol. The summed E-state index contributed by atoms with van der Waals surface area (Å²) in [6.45, 7) is 7.77. The number of ether oxygens (including phenoxy) is 1. The van der Waals surface area contributed by atoms with E-state index in [0.717, 1.165) is 0 Å². The minimum Gasteiger partial charge on any atom is -0.444 e. The maximum Gasteiger partial charge on any atom is 0.410 e. The molecule has 0 saturated carbocycles. The molecule has 0 atom stereocenters. The third kappa shape index (κ3) is 4.02. The number of hydrogen-bond acceptors (Lipinski definition) is 7. The van der Waals surface area contributed by atoms with Gasteiger partial charge in [-0.15, -0.1) is 0 Å². The Balaban J connectivity index is 1.94. The normalized spacial score (nSPS) is 15.5. The number of nitrogens with zero attached hydrogens (tertiary/aromatic N) is 6. The molecule has 8 heteroatoms. The van der Waals surface area contributed by atoms with E-state index in [2.05, 4.69) is 15.0 Å². The highest BCUT2D eigenvalue weighted by atomic mass is 16.6. The van der Waals surface area contributed by atoms with Crippen LogP contribution in [0, 0.1) is 11.3 Å². The van der Waals surface area contributed by atoms with Gasteiger partial charge in [-0.05, 0) is 20.8 Å². The molecule has 112 valence electrons. The summed E-state index contributed by atoms with van der Waals surface area (Å²) in [5, 5.41) is 8.79. The van der Waals surface area contributed by atoms with Gasteiger partial charge < -0.3 is 14.5 Å². The number of nitriles is 1. The van der Waals surface area contributed by atoms with Crippen molar-refractivity contribution in [3.05, 3.63) is 12.2 Å². The van der Waals surface area contributed by atoms with Crippen LogP contribution in [0.2, 0.25) is 0 Å². The van der Waals surface area contributed by atoms with Crippen LogP contribution in [-0.2, 0) is 4.74 Å². The molecule has 2 rings (SSSR count). The molecule has 21 heavy (non-hydrogen) atoms. The van der Waals surface area contributed by atoms with Gasteiger partial charge in [-0.25, -0.2) is 14.8 Å². The summed E-state index contributed by atoms with van der Waals surface area (Å²) in [6, 6.07) is 1.89. The molecule has 1 aliphatic rings. The van der Waals surface area contributed by atoms with E-state index >= 15 is 0 Å². The Bertz CT molecular complexity index is 555. The number of rotatable bonds is 1. The summed E-state index contributed by atoms with van der Waals surface area (Å²) in [5.41, 5.74) is -0.496. The average molecular weight is 290 g/mol. The zero-order valence-corrected chi connectivity index (χ0v) is 12.4. The lowest BCUT2D eigenvalue weighted by atomic mass is 10.2. The Morgan fingerprint density at radius 2 is 1.95 bits per heavy atom.